The maximum absolute atomic E-state index is 8.78. The van der Waals surface area contributed by atoms with Gasteiger partial charge < -0.3 is 5.32 Å². The summed E-state index contributed by atoms with van der Waals surface area (Å²) in [6, 6.07) is 10.6. The number of nitriles is 1. The van der Waals surface area contributed by atoms with Gasteiger partial charge >= 0.3 is 0 Å². The van der Waals surface area contributed by atoms with Crippen LogP contribution in [0.4, 0.5) is 0 Å². The fraction of sp³-hybridized carbons (Fsp3) is 0.417. The number of hydrogen-bond donors (Lipinski definition) is 1. The molecule has 1 aromatic rings. The van der Waals surface area contributed by atoms with Crippen molar-refractivity contribution in [3.05, 3.63) is 34.9 Å². The van der Waals surface area contributed by atoms with Crippen LogP contribution in [0.2, 0.25) is 5.02 Å². The lowest BCUT2D eigenvalue weighted by Gasteiger charge is -2.26. The van der Waals surface area contributed by atoms with Crippen LogP contribution in [0, 0.1) is 17.2 Å². The molecular formula is C12H13ClN2. The Morgan fingerprint density at radius 2 is 2.00 bits per heavy atom. The Balaban J connectivity index is 2.02. The van der Waals surface area contributed by atoms with Crippen molar-refractivity contribution in [1.82, 2.24) is 5.32 Å². The van der Waals surface area contributed by atoms with Crippen LogP contribution in [0.5, 0.6) is 0 Å². The average molecular weight is 221 g/mol. The first-order valence-corrected chi connectivity index (χ1v) is 5.56. The van der Waals surface area contributed by atoms with Crippen molar-refractivity contribution in [2.75, 3.05) is 6.54 Å². The minimum absolute atomic E-state index is 0.175. The van der Waals surface area contributed by atoms with Gasteiger partial charge in [0.2, 0.25) is 0 Å². The number of nitrogens with zero attached hydrogens (tertiary/aromatic N) is 1. The molecule has 1 heterocycles. The van der Waals surface area contributed by atoms with Crippen LogP contribution in [-0.4, -0.2) is 6.54 Å². The van der Waals surface area contributed by atoms with E-state index < -0.39 is 0 Å². The zero-order chi connectivity index (χ0) is 10.7. The lowest BCUT2D eigenvalue weighted by atomic mass is 9.92. The van der Waals surface area contributed by atoms with Crippen LogP contribution in [-0.2, 0) is 0 Å². The normalized spacial score (nSPS) is 25.9. The van der Waals surface area contributed by atoms with Gasteiger partial charge in [0.25, 0.3) is 0 Å². The second-order valence-electron chi connectivity index (χ2n) is 3.92. The van der Waals surface area contributed by atoms with Gasteiger partial charge in [0.15, 0.2) is 0 Å². The van der Waals surface area contributed by atoms with Crippen molar-refractivity contribution >= 4 is 11.6 Å². The van der Waals surface area contributed by atoms with Gasteiger partial charge in [-0.05, 0) is 30.5 Å². The predicted molar refractivity (Wildman–Crippen MR) is 60.5 cm³/mol. The van der Waals surface area contributed by atoms with E-state index in [1.54, 1.807) is 0 Å². The number of halogens is 1. The molecule has 1 N–H and O–H groups in total. The molecule has 2 unspecified atom stereocenters. The van der Waals surface area contributed by atoms with Crippen molar-refractivity contribution in [3.63, 3.8) is 0 Å². The van der Waals surface area contributed by atoms with Crippen LogP contribution in [0.1, 0.15) is 24.4 Å². The molecular weight excluding hydrogens is 208 g/mol. The van der Waals surface area contributed by atoms with E-state index in [1.165, 1.54) is 5.56 Å². The minimum Gasteiger partial charge on any atom is -0.309 e. The highest BCUT2D eigenvalue weighted by atomic mass is 35.5. The summed E-state index contributed by atoms with van der Waals surface area (Å²) in [4.78, 5) is 0. The Hall–Kier alpha value is -1.04. The predicted octanol–water partition coefficient (Wildman–Crippen LogP) is 2.90. The minimum atomic E-state index is 0.175. The fourth-order valence-electron chi connectivity index (χ4n) is 1.95. The molecule has 0 radical (unpaired) electrons. The Labute approximate surface area is 94.9 Å². The molecule has 0 spiro atoms. The molecule has 1 aliphatic heterocycles. The summed E-state index contributed by atoms with van der Waals surface area (Å²) in [6.07, 6.45) is 2.01. The molecule has 2 atom stereocenters. The topological polar surface area (TPSA) is 35.8 Å². The quantitative estimate of drug-likeness (QED) is 0.790. The van der Waals surface area contributed by atoms with E-state index in [0.717, 1.165) is 24.4 Å². The van der Waals surface area contributed by atoms with Gasteiger partial charge in [-0.25, -0.2) is 0 Å². The number of benzene rings is 1. The van der Waals surface area contributed by atoms with Crippen LogP contribution in [0.15, 0.2) is 24.3 Å². The van der Waals surface area contributed by atoms with Gasteiger partial charge in [-0.2, -0.15) is 5.26 Å². The van der Waals surface area contributed by atoms with Gasteiger partial charge in [0.05, 0.1) is 12.0 Å². The lowest BCUT2D eigenvalue weighted by molar-refractivity contribution is 0.362. The van der Waals surface area contributed by atoms with Crippen LogP contribution >= 0.6 is 11.6 Å². The third kappa shape index (κ3) is 2.50. The van der Waals surface area contributed by atoms with E-state index in [2.05, 4.69) is 11.4 Å². The van der Waals surface area contributed by atoms with E-state index in [-0.39, 0.29) is 5.92 Å². The van der Waals surface area contributed by atoms with Crippen LogP contribution in [0.25, 0.3) is 0 Å². The first-order valence-electron chi connectivity index (χ1n) is 5.18. The van der Waals surface area contributed by atoms with E-state index >= 15 is 0 Å². The zero-order valence-corrected chi connectivity index (χ0v) is 9.17. The summed E-state index contributed by atoms with van der Waals surface area (Å²) >= 11 is 5.83. The highest BCUT2D eigenvalue weighted by Crippen LogP contribution is 2.26. The third-order valence-corrected chi connectivity index (χ3v) is 3.12. The first-order chi connectivity index (χ1) is 7.29. The standard InChI is InChI=1S/C12H13ClN2/c13-11-4-2-10(3-5-11)12-6-1-9(7-14)8-15-12/h2-5,9,12,15H,1,6,8H2. The van der Waals surface area contributed by atoms with E-state index in [1.807, 2.05) is 24.3 Å². The summed E-state index contributed by atoms with van der Waals surface area (Å²) in [5, 5.41) is 12.9. The Bertz CT molecular complexity index is 358. The van der Waals surface area contributed by atoms with Gasteiger partial charge in [-0.1, -0.05) is 23.7 Å². The molecule has 1 aliphatic rings. The van der Waals surface area contributed by atoms with Gasteiger partial charge in [-0.3, -0.25) is 0 Å². The molecule has 2 rings (SSSR count). The number of piperidine rings is 1. The molecule has 78 valence electrons. The molecule has 0 saturated carbocycles. The van der Waals surface area contributed by atoms with Crippen molar-refractivity contribution in [2.24, 2.45) is 5.92 Å². The number of rotatable bonds is 1. The maximum Gasteiger partial charge on any atom is 0.0669 e. The maximum atomic E-state index is 8.78. The van der Waals surface area contributed by atoms with Gasteiger partial charge in [0, 0.05) is 17.6 Å². The van der Waals surface area contributed by atoms with E-state index in [0.29, 0.717) is 6.04 Å². The Kier molecular flexibility index (Phi) is 3.25. The molecule has 0 aliphatic carbocycles. The van der Waals surface area contributed by atoms with E-state index in [9.17, 15) is 0 Å². The van der Waals surface area contributed by atoms with Crippen molar-refractivity contribution in [3.8, 4) is 6.07 Å². The van der Waals surface area contributed by atoms with Crippen molar-refractivity contribution in [2.45, 2.75) is 18.9 Å². The van der Waals surface area contributed by atoms with Gasteiger partial charge in [0.1, 0.15) is 0 Å². The Morgan fingerprint density at radius 3 is 2.53 bits per heavy atom. The smallest absolute Gasteiger partial charge is 0.0669 e. The highest BCUT2D eigenvalue weighted by molar-refractivity contribution is 6.30. The summed E-state index contributed by atoms with van der Waals surface area (Å²) in [6.45, 7) is 0.795. The Morgan fingerprint density at radius 1 is 1.27 bits per heavy atom. The highest BCUT2D eigenvalue weighted by Gasteiger charge is 2.20. The summed E-state index contributed by atoms with van der Waals surface area (Å²) in [5.41, 5.74) is 1.26. The molecule has 1 aromatic carbocycles. The first kappa shape index (κ1) is 10.5. The van der Waals surface area contributed by atoms with E-state index in [4.69, 9.17) is 16.9 Å². The second-order valence-corrected chi connectivity index (χ2v) is 4.35. The SMILES string of the molecule is N#CC1CCC(c2ccc(Cl)cc2)NC1. The fourth-order valence-corrected chi connectivity index (χ4v) is 2.07. The average Bonchev–Trinajstić information content (AvgIpc) is 2.30. The van der Waals surface area contributed by atoms with Gasteiger partial charge in [-0.15, -0.1) is 0 Å². The van der Waals surface area contributed by atoms with Crippen molar-refractivity contribution < 1.29 is 0 Å². The number of nitrogens with one attached hydrogen (secondary N) is 1. The van der Waals surface area contributed by atoms with Crippen molar-refractivity contribution in [1.29, 1.82) is 5.26 Å². The van der Waals surface area contributed by atoms with Crippen LogP contribution in [0.3, 0.4) is 0 Å². The third-order valence-electron chi connectivity index (χ3n) is 2.87. The van der Waals surface area contributed by atoms with Crippen LogP contribution < -0.4 is 5.32 Å². The molecule has 3 heteroatoms. The molecule has 2 nitrogen and oxygen atoms in total. The molecule has 0 amide bonds. The zero-order valence-electron chi connectivity index (χ0n) is 8.41. The summed E-state index contributed by atoms with van der Waals surface area (Å²) in [7, 11) is 0. The summed E-state index contributed by atoms with van der Waals surface area (Å²) < 4.78 is 0. The molecule has 1 fully saturated rings. The molecule has 0 bridgehead atoms. The monoisotopic (exact) mass is 220 g/mol. The lowest BCUT2D eigenvalue weighted by Crippen LogP contribution is -2.32. The second kappa shape index (κ2) is 4.65. The molecule has 15 heavy (non-hydrogen) atoms. The number of hydrogen-bond acceptors (Lipinski definition) is 2. The summed E-state index contributed by atoms with van der Waals surface area (Å²) in [5.74, 6) is 0.175. The molecule has 0 aromatic heterocycles. The molecule has 1 saturated heterocycles. The largest absolute Gasteiger partial charge is 0.309 e.